The second-order valence-corrected chi connectivity index (χ2v) is 7.17. The summed E-state index contributed by atoms with van der Waals surface area (Å²) in [5.41, 5.74) is 1.44. The van der Waals surface area contributed by atoms with Crippen LogP contribution in [0.2, 0.25) is 0 Å². The van der Waals surface area contributed by atoms with Crippen LogP contribution in [-0.2, 0) is 4.79 Å². The van der Waals surface area contributed by atoms with Crippen LogP contribution in [0.3, 0.4) is 0 Å². The van der Waals surface area contributed by atoms with Crippen molar-refractivity contribution >= 4 is 22.8 Å². The van der Waals surface area contributed by atoms with Gasteiger partial charge in [0.05, 0.1) is 12.2 Å². The average Bonchev–Trinajstić information content (AvgIpc) is 3.09. The molecule has 138 valence electrons. The molecule has 1 aromatic heterocycles. The lowest BCUT2D eigenvalue weighted by atomic mass is 9.73. The smallest absolute Gasteiger partial charge is 0.256 e. The summed E-state index contributed by atoms with van der Waals surface area (Å²) in [5.74, 6) is -0.442. The normalized spacial score (nSPS) is 26.0. The molecule has 26 heavy (non-hydrogen) atoms. The lowest BCUT2D eigenvalue weighted by molar-refractivity contribution is -0.145. The Bertz CT molecular complexity index is 837. The van der Waals surface area contributed by atoms with Gasteiger partial charge in [0.2, 0.25) is 5.91 Å². The van der Waals surface area contributed by atoms with E-state index in [1.807, 2.05) is 6.92 Å². The number of benzene rings is 1. The van der Waals surface area contributed by atoms with E-state index in [0.717, 1.165) is 12.8 Å². The number of hydrogen-bond donors (Lipinski definition) is 0. The molecule has 2 heterocycles. The van der Waals surface area contributed by atoms with Crippen molar-refractivity contribution in [3.8, 4) is 0 Å². The Labute approximate surface area is 150 Å². The predicted molar refractivity (Wildman–Crippen MR) is 91.1 cm³/mol. The first kappa shape index (κ1) is 16.9. The third-order valence-electron chi connectivity index (χ3n) is 5.65. The number of carbonyl (C=O) groups excluding carboxylic acids is 2. The van der Waals surface area contributed by atoms with Gasteiger partial charge in [0.15, 0.2) is 0 Å². The second kappa shape index (κ2) is 6.66. The molecule has 3 atom stereocenters. The van der Waals surface area contributed by atoms with Gasteiger partial charge in [0, 0.05) is 31.6 Å². The Balaban J connectivity index is 1.46. The zero-order chi connectivity index (χ0) is 18.3. The molecule has 1 aromatic carbocycles. The molecule has 0 radical (unpaired) electrons. The highest BCUT2D eigenvalue weighted by molar-refractivity contribution is 6.04. The Morgan fingerprint density at radius 1 is 1.27 bits per heavy atom. The van der Waals surface area contributed by atoms with E-state index >= 15 is 0 Å². The lowest BCUT2D eigenvalue weighted by Crippen LogP contribution is -2.58. The van der Waals surface area contributed by atoms with E-state index in [2.05, 4.69) is 10.3 Å². The third kappa shape index (κ3) is 2.73. The van der Waals surface area contributed by atoms with E-state index in [4.69, 9.17) is 4.63 Å². The molecule has 0 unspecified atom stereocenters. The van der Waals surface area contributed by atoms with E-state index in [1.165, 1.54) is 0 Å². The van der Waals surface area contributed by atoms with Gasteiger partial charge in [-0.3, -0.25) is 14.0 Å². The van der Waals surface area contributed by atoms with Gasteiger partial charge in [-0.15, -0.1) is 0 Å². The first-order valence-corrected chi connectivity index (χ1v) is 8.97. The van der Waals surface area contributed by atoms with Crippen LogP contribution in [0.4, 0.5) is 4.39 Å². The molecule has 1 aliphatic carbocycles. The highest BCUT2D eigenvalue weighted by Gasteiger charge is 2.41. The fourth-order valence-electron chi connectivity index (χ4n) is 3.91. The Hall–Kier alpha value is -2.51. The summed E-state index contributed by atoms with van der Waals surface area (Å²) in [6.07, 6.45) is 1.55. The monoisotopic (exact) mass is 360 g/mol. The minimum atomic E-state index is -0.432. The summed E-state index contributed by atoms with van der Waals surface area (Å²) in [4.78, 5) is 29.1. The molecule has 8 heteroatoms. The van der Waals surface area contributed by atoms with E-state index < -0.39 is 6.67 Å². The molecule has 4 rings (SSSR count). The average molecular weight is 360 g/mol. The van der Waals surface area contributed by atoms with Gasteiger partial charge in [-0.05, 0) is 48.1 Å². The topological polar surface area (TPSA) is 79.5 Å². The van der Waals surface area contributed by atoms with Crippen LogP contribution in [-0.4, -0.2) is 64.3 Å². The number of piperazine rings is 1. The van der Waals surface area contributed by atoms with Crippen molar-refractivity contribution < 1.29 is 18.6 Å². The van der Waals surface area contributed by atoms with Gasteiger partial charge in [-0.2, -0.15) is 0 Å². The van der Waals surface area contributed by atoms with E-state index in [1.54, 1.807) is 28.0 Å². The molecule has 2 aromatic rings. The van der Waals surface area contributed by atoms with Crippen LogP contribution in [0.15, 0.2) is 22.8 Å². The minimum Gasteiger partial charge on any atom is -0.336 e. The minimum absolute atomic E-state index is 0.0290. The number of aromatic nitrogens is 2. The lowest BCUT2D eigenvalue weighted by Gasteiger charge is -2.44. The van der Waals surface area contributed by atoms with Gasteiger partial charge < -0.3 is 9.80 Å². The summed E-state index contributed by atoms with van der Waals surface area (Å²) in [6, 6.07) is 5.09. The number of alkyl halides is 1. The molecule has 2 aliphatic rings. The molecule has 7 nitrogen and oxygen atoms in total. The fourth-order valence-corrected chi connectivity index (χ4v) is 3.91. The second-order valence-electron chi connectivity index (χ2n) is 7.17. The van der Waals surface area contributed by atoms with Crippen molar-refractivity contribution in [2.75, 3.05) is 26.3 Å². The van der Waals surface area contributed by atoms with Crippen LogP contribution >= 0.6 is 0 Å². The summed E-state index contributed by atoms with van der Waals surface area (Å²) < 4.78 is 17.7. The first-order chi connectivity index (χ1) is 12.6. The molecule has 0 spiro atoms. The van der Waals surface area contributed by atoms with Crippen molar-refractivity contribution in [3.63, 3.8) is 0 Å². The van der Waals surface area contributed by atoms with Crippen molar-refractivity contribution in [1.82, 2.24) is 20.1 Å². The van der Waals surface area contributed by atoms with Gasteiger partial charge in [-0.1, -0.05) is 6.07 Å². The maximum atomic E-state index is 12.9. The highest BCUT2D eigenvalue weighted by atomic mass is 19.1. The number of nitrogens with zero attached hydrogens (tertiary/aromatic N) is 4. The predicted octanol–water partition coefficient (Wildman–Crippen LogP) is 1.89. The SMILES string of the molecule is C[C@@H]1CN(C(=O)c2cccc3nonc23)CCN1C(=O)[C@@H]1CC[C@H]1CF. The van der Waals surface area contributed by atoms with Crippen LogP contribution in [0.1, 0.15) is 30.1 Å². The summed E-state index contributed by atoms with van der Waals surface area (Å²) in [6.45, 7) is 2.86. The molecule has 2 amide bonds. The van der Waals surface area contributed by atoms with Crippen LogP contribution in [0, 0.1) is 11.8 Å². The number of hydrogen-bond acceptors (Lipinski definition) is 5. The highest BCUT2D eigenvalue weighted by Crippen LogP contribution is 2.36. The van der Waals surface area contributed by atoms with E-state index in [-0.39, 0.29) is 29.7 Å². The Kier molecular flexibility index (Phi) is 4.34. The van der Waals surface area contributed by atoms with Gasteiger partial charge in [0.25, 0.3) is 5.91 Å². The molecule has 0 N–H and O–H groups in total. The number of rotatable bonds is 3. The molecule has 1 saturated heterocycles. The zero-order valence-electron chi connectivity index (χ0n) is 14.6. The molecular weight excluding hydrogens is 339 g/mol. The fraction of sp³-hybridized carbons (Fsp3) is 0.556. The third-order valence-corrected chi connectivity index (χ3v) is 5.65. The molecule has 1 saturated carbocycles. The van der Waals surface area contributed by atoms with Gasteiger partial charge in [-0.25, -0.2) is 4.63 Å². The van der Waals surface area contributed by atoms with Crippen molar-refractivity contribution in [2.45, 2.75) is 25.8 Å². The van der Waals surface area contributed by atoms with Crippen molar-refractivity contribution in [1.29, 1.82) is 0 Å². The van der Waals surface area contributed by atoms with E-state index in [0.29, 0.717) is 36.2 Å². The molecule has 2 fully saturated rings. The largest absolute Gasteiger partial charge is 0.336 e. The van der Waals surface area contributed by atoms with Crippen LogP contribution in [0.5, 0.6) is 0 Å². The standard InChI is InChI=1S/C18H21FN4O3/c1-11-10-22(7-8-23(11)18(25)13-6-5-12(13)9-19)17(24)14-3-2-4-15-16(14)21-26-20-15/h2-4,11-13H,5-10H2,1H3/t11-,12+,13-/m1/s1. The maximum absolute atomic E-state index is 12.9. The summed E-state index contributed by atoms with van der Waals surface area (Å²) in [7, 11) is 0. The summed E-state index contributed by atoms with van der Waals surface area (Å²) in [5, 5.41) is 7.59. The van der Waals surface area contributed by atoms with Crippen LogP contribution < -0.4 is 0 Å². The number of amides is 2. The molecular formula is C18H21FN4O3. The maximum Gasteiger partial charge on any atom is 0.256 e. The number of carbonyl (C=O) groups is 2. The molecule has 0 bridgehead atoms. The van der Waals surface area contributed by atoms with Gasteiger partial charge >= 0.3 is 0 Å². The Morgan fingerprint density at radius 3 is 2.81 bits per heavy atom. The zero-order valence-corrected chi connectivity index (χ0v) is 14.6. The number of fused-ring (bicyclic) bond motifs is 1. The van der Waals surface area contributed by atoms with Crippen molar-refractivity contribution in [2.24, 2.45) is 11.8 Å². The van der Waals surface area contributed by atoms with Crippen LogP contribution in [0.25, 0.3) is 11.0 Å². The van der Waals surface area contributed by atoms with Crippen molar-refractivity contribution in [3.05, 3.63) is 23.8 Å². The molecule has 1 aliphatic heterocycles. The van der Waals surface area contributed by atoms with E-state index in [9.17, 15) is 14.0 Å². The summed E-state index contributed by atoms with van der Waals surface area (Å²) >= 11 is 0. The first-order valence-electron chi connectivity index (χ1n) is 8.97. The van der Waals surface area contributed by atoms with Gasteiger partial charge in [0.1, 0.15) is 11.0 Å². The quantitative estimate of drug-likeness (QED) is 0.835. The number of halogens is 1. The Morgan fingerprint density at radius 2 is 2.12 bits per heavy atom.